The number of sulfonamides is 1. The van der Waals surface area contributed by atoms with Crippen molar-refractivity contribution in [2.24, 2.45) is 0 Å². The first kappa shape index (κ1) is 19.3. The molecule has 0 spiro atoms. The molecule has 7 nitrogen and oxygen atoms in total. The second kappa shape index (κ2) is 7.26. The highest BCUT2D eigenvalue weighted by Gasteiger charge is 2.27. The van der Waals surface area contributed by atoms with Crippen LogP contribution in [0.25, 0.3) is 32.8 Å². The molecular weight excluding hydrogens is 416 g/mol. The van der Waals surface area contributed by atoms with E-state index in [1.54, 1.807) is 12.3 Å². The average Bonchev–Trinajstić information content (AvgIpc) is 3.34. The minimum absolute atomic E-state index is 0.00939. The number of hydrogen-bond donors (Lipinski definition) is 3. The van der Waals surface area contributed by atoms with Gasteiger partial charge in [0.05, 0.1) is 4.90 Å². The van der Waals surface area contributed by atoms with Gasteiger partial charge in [0.1, 0.15) is 17.2 Å². The molecule has 0 aliphatic rings. The summed E-state index contributed by atoms with van der Waals surface area (Å²) in [4.78, 5) is 14.9. The summed E-state index contributed by atoms with van der Waals surface area (Å²) in [5.74, 6) is -1.25. The number of furan rings is 1. The van der Waals surface area contributed by atoms with Crippen LogP contribution in [0.1, 0.15) is 5.56 Å². The van der Waals surface area contributed by atoms with E-state index >= 15 is 0 Å². The number of hydrogen-bond acceptors (Lipinski definition) is 4. The number of carbonyl (C=O) groups is 1. The quantitative estimate of drug-likeness (QED) is 0.373. The van der Waals surface area contributed by atoms with E-state index in [0.29, 0.717) is 16.6 Å². The van der Waals surface area contributed by atoms with Crippen LogP contribution in [0.15, 0.2) is 82.2 Å². The lowest BCUT2D eigenvalue weighted by Crippen LogP contribution is -2.42. The average molecular weight is 434 g/mol. The number of rotatable bonds is 6. The number of carboxylic acid groups (broad SMARTS) is 1. The molecule has 0 fully saturated rings. The van der Waals surface area contributed by atoms with E-state index in [0.717, 1.165) is 21.9 Å². The van der Waals surface area contributed by atoms with Gasteiger partial charge in [0.25, 0.3) is 0 Å². The Morgan fingerprint density at radius 1 is 0.968 bits per heavy atom. The summed E-state index contributed by atoms with van der Waals surface area (Å²) in [7, 11) is -4.08. The van der Waals surface area contributed by atoms with E-state index in [-0.39, 0.29) is 11.3 Å². The predicted octanol–water partition coefficient (Wildman–Crippen LogP) is 4.04. The number of H-pyrrole nitrogens is 1. The molecule has 31 heavy (non-hydrogen) atoms. The van der Waals surface area contributed by atoms with E-state index in [9.17, 15) is 18.3 Å². The minimum atomic E-state index is -4.08. The van der Waals surface area contributed by atoms with Gasteiger partial charge in [-0.3, -0.25) is 4.79 Å². The number of para-hydroxylation sites is 2. The van der Waals surface area contributed by atoms with Gasteiger partial charge in [-0.1, -0.05) is 36.4 Å². The van der Waals surface area contributed by atoms with Gasteiger partial charge in [-0.2, -0.15) is 4.72 Å². The fourth-order valence-electron chi connectivity index (χ4n) is 3.83. The molecule has 5 rings (SSSR count). The SMILES string of the molecule is O=C(O)C(Cc1c[nH]c2ccccc12)NS(=O)(=O)c1ccc2oc3ccccc3c2c1. The lowest BCUT2D eigenvalue weighted by atomic mass is 10.1. The molecule has 1 unspecified atom stereocenters. The molecule has 0 bridgehead atoms. The van der Waals surface area contributed by atoms with Crippen LogP contribution in [0.2, 0.25) is 0 Å². The molecule has 0 aliphatic carbocycles. The standard InChI is InChI=1S/C23H18N2O5S/c26-23(27)20(11-14-13-24-19-7-3-1-5-16(14)19)25-31(28,29)15-9-10-22-18(12-15)17-6-2-4-8-21(17)30-22/h1-10,12-13,20,24-25H,11H2,(H,26,27). The highest BCUT2D eigenvalue weighted by Crippen LogP contribution is 2.30. The zero-order chi connectivity index (χ0) is 21.6. The summed E-state index contributed by atoms with van der Waals surface area (Å²) in [6, 6.07) is 18.0. The molecular formula is C23H18N2O5S. The Hall–Kier alpha value is -3.62. The van der Waals surface area contributed by atoms with Crippen LogP contribution in [0.4, 0.5) is 0 Å². The minimum Gasteiger partial charge on any atom is -0.480 e. The lowest BCUT2D eigenvalue weighted by Gasteiger charge is -2.15. The van der Waals surface area contributed by atoms with Crippen molar-refractivity contribution in [3.8, 4) is 0 Å². The van der Waals surface area contributed by atoms with E-state index in [1.165, 1.54) is 12.1 Å². The van der Waals surface area contributed by atoms with Crippen molar-refractivity contribution in [2.45, 2.75) is 17.4 Å². The Labute approximate surface area is 177 Å². The third-order valence-corrected chi connectivity index (χ3v) is 6.82. The third kappa shape index (κ3) is 3.45. The van der Waals surface area contributed by atoms with Crippen LogP contribution < -0.4 is 4.72 Å². The van der Waals surface area contributed by atoms with Crippen molar-refractivity contribution in [1.82, 2.24) is 9.71 Å². The molecule has 0 amide bonds. The van der Waals surface area contributed by atoms with E-state index < -0.39 is 22.0 Å². The summed E-state index contributed by atoms with van der Waals surface area (Å²) in [5.41, 5.74) is 2.81. The van der Waals surface area contributed by atoms with Crippen molar-refractivity contribution in [3.05, 3.63) is 78.5 Å². The Bertz CT molecular complexity index is 1550. The van der Waals surface area contributed by atoms with Gasteiger partial charge in [-0.15, -0.1) is 0 Å². The molecule has 3 N–H and O–H groups in total. The number of aromatic nitrogens is 1. The maximum atomic E-state index is 13.0. The number of fused-ring (bicyclic) bond motifs is 4. The first-order valence-electron chi connectivity index (χ1n) is 9.64. The van der Waals surface area contributed by atoms with Crippen LogP contribution in [-0.4, -0.2) is 30.5 Å². The molecule has 8 heteroatoms. The summed E-state index contributed by atoms with van der Waals surface area (Å²) in [6.07, 6.45) is 1.72. The molecule has 2 aromatic heterocycles. The third-order valence-electron chi connectivity index (χ3n) is 5.35. The molecule has 3 aromatic carbocycles. The van der Waals surface area contributed by atoms with Crippen molar-refractivity contribution in [2.75, 3.05) is 0 Å². The maximum absolute atomic E-state index is 13.0. The van der Waals surface area contributed by atoms with Crippen LogP contribution in [0.3, 0.4) is 0 Å². The molecule has 156 valence electrons. The monoisotopic (exact) mass is 434 g/mol. The second-order valence-corrected chi connectivity index (χ2v) is 9.05. The highest BCUT2D eigenvalue weighted by molar-refractivity contribution is 7.89. The normalized spacial score (nSPS) is 13.2. The fourth-order valence-corrected chi connectivity index (χ4v) is 5.04. The molecule has 0 radical (unpaired) electrons. The molecule has 0 saturated carbocycles. The summed E-state index contributed by atoms with van der Waals surface area (Å²) >= 11 is 0. The number of aliphatic carboxylic acids is 1. The predicted molar refractivity (Wildman–Crippen MR) is 117 cm³/mol. The van der Waals surface area contributed by atoms with Crippen LogP contribution >= 0.6 is 0 Å². The first-order valence-corrected chi connectivity index (χ1v) is 11.1. The van der Waals surface area contributed by atoms with Gasteiger partial charge in [0.2, 0.25) is 10.0 Å². The van der Waals surface area contributed by atoms with Crippen LogP contribution in [-0.2, 0) is 21.2 Å². The smallest absolute Gasteiger partial charge is 0.322 e. The van der Waals surface area contributed by atoms with Gasteiger partial charge in [-0.25, -0.2) is 8.42 Å². The molecule has 5 aromatic rings. The van der Waals surface area contributed by atoms with Crippen molar-refractivity contribution >= 4 is 48.8 Å². The van der Waals surface area contributed by atoms with Gasteiger partial charge >= 0.3 is 5.97 Å². The van der Waals surface area contributed by atoms with Gasteiger partial charge in [0.15, 0.2) is 0 Å². The van der Waals surface area contributed by atoms with Crippen LogP contribution in [0.5, 0.6) is 0 Å². The number of carboxylic acids is 1. The summed E-state index contributed by atoms with van der Waals surface area (Å²) < 4.78 is 34.1. The molecule has 0 saturated heterocycles. The van der Waals surface area contributed by atoms with Gasteiger partial charge < -0.3 is 14.5 Å². The Kier molecular flexibility index (Phi) is 4.53. The largest absolute Gasteiger partial charge is 0.480 e. The summed E-state index contributed by atoms with van der Waals surface area (Å²) in [6.45, 7) is 0. The van der Waals surface area contributed by atoms with Gasteiger partial charge in [0, 0.05) is 34.3 Å². The maximum Gasteiger partial charge on any atom is 0.322 e. The van der Waals surface area contributed by atoms with Crippen LogP contribution in [0, 0.1) is 0 Å². The van der Waals surface area contributed by atoms with Gasteiger partial charge in [-0.05, 0) is 35.9 Å². The molecule has 1 atom stereocenters. The lowest BCUT2D eigenvalue weighted by molar-refractivity contribution is -0.138. The topological polar surface area (TPSA) is 112 Å². The van der Waals surface area contributed by atoms with E-state index in [1.807, 2.05) is 48.5 Å². The van der Waals surface area contributed by atoms with E-state index in [2.05, 4.69) is 9.71 Å². The van der Waals surface area contributed by atoms with Crippen molar-refractivity contribution in [3.63, 3.8) is 0 Å². The van der Waals surface area contributed by atoms with Crippen molar-refractivity contribution < 1.29 is 22.7 Å². The Balaban J connectivity index is 1.49. The second-order valence-electron chi connectivity index (χ2n) is 7.33. The van der Waals surface area contributed by atoms with Crippen molar-refractivity contribution in [1.29, 1.82) is 0 Å². The number of nitrogens with one attached hydrogen (secondary N) is 2. The fraction of sp³-hybridized carbons (Fsp3) is 0.0870. The highest BCUT2D eigenvalue weighted by atomic mass is 32.2. The zero-order valence-electron chi connectivity index (χ0n) is 16.2. The molecule has 2 heterocycles. The number of benzene rings is 3. The summed E-state index contributed by atoms with van der Waals surface area (Å²) in [5, 5.41) is 12.0. The number of aromatic amines is 1. The Morgan fingerprint density at radius 2 is 1.68 bits per heavy atom. The molecule has 0 aliphatic heterocycles. The Morgan fingerprint density at radius 3 is 2.48 bits per heavy atom. The first-order chi connectivity index (χ1) is 14.9. The van der Waals surface area contributed by atoms with E-state index in [4.69, 9.17) is 4.42 Å². The zero-order valence-corrected chi connectivity index (χ0v) is 17.0.